The van der Waals surface area contributed by atoms with Gasteiger partial charge in [0.05, 0.1) is 5.30 Å². The first-order valence-electron chi connectivity index (χ1n) is 8.00. The molecule has 0 aromatic heterocycles. The van der Waals surface area contributed by atoms with Crippen molar-refractivity contribution < 1.29 is 39.3 Å². The van der Waals surface area contributed by atoms with Gasteiger partial charge in [-0.1, -0.05) is 60.7 Å². The Morgan fingerprint density at radius 1 is 0.733 bits per heavy atom. The lowest BCUT2D eigenvalue weighted by molar-refractivity contribution is -0.0510. The molecule has 0 atom stereocenters. The van der Waals surface area contributed by atoms with E-state index in [1.54, 1.807) is 0 Å². The second-order valence-corrected chi connectivity index (χ2v) is 9.21. The Labute approximate surface area is 169 Å². The van der Waals surface area contributed by atoms with Crippen LogP contribution in [0, 0.1) is 17.5 Å². The average molecular weight is 466 g/mol. The van der Waals surface area contributed by atoms with E-state index in [4.69, 9.17) is 13.0 Å². The largest absolute Gasteiger partial charge is 0.522 e. The SMILES string of the molecule is Fc1cc(F)c(P(c2ccccc2)c2ccccc2)c(F)c1.O=S(=O)(O)C(F)(F)F. The van der Waals surface area contributed by atoms with Crippen LogP contribution in [-0.4, -0.2) is 18.5 Å². The van der Waals surface area contributed by atoms with Crippen molar-refractivity contribution in [3.63, 3.8) is 0 Å². The second-order valence-electron chi connectivity index (χ2n) is 5.65. The fourth-order valence-corrected chi connectivity index (χ4v) is 4.62. The van der Waals surface area contributed by atoms with Gasteiger partial charge in [-0.05, 0) is 18.5 Å². The van der Waals surface area contributed by atoms with Crippen molar-refractivity contribution in [3.05, 3.63) is 90.2 Å². The van der Waals surface area contributed by atoms with Gasteiger partial charge in [0.1, 0.15) is 17.5 Å². The third-order valence-corrected chi connectivity index (χ3v) is 6.62. The van der Waals surface area contributed by atoms with Crippen LogP contribution in [0.25, 0.3) is 0 Å². The third-order valence-electron chi connectivity index (χ3n) is 3.53. The van der Waals surface area contributed by atoms with E-state index in [1.807, 2.05) is 60.7 Å². The summed E-state index contributed by atoms with van der Waals surface area (Å²) < 4.78 is 99.3. The molecule has 160 valence electrons. The van der Waals surface area contributed by atoms with Gasteiger partial charge in [-0.15, -0.1) is 0 Å². The third kappa shape index (κ3) is 6.04. The molecule has 0 radical (unpaired) electrons. The molecule has 0 fully saturated rings. The number of halogens is 6. The maximum atomic E-state index is 14.3. The fourth-order valence-electron chi connectivity index (χ4n) is 2.31. The number of rotatable bonds is 3. The predicted molar refractivity (Wildman–Crippen MR) is 103 cm³/mol. The molecule has 0 aliphatic rings. The molecular formula is C19H13F6O3PS. The summed E-state index contributed by atoms with van der Waals surface area (Å²) in [6.45, 7) is 0. The van der Waals surface area contributed by atoms with Crippen LogP contribution in [0.2, 0.25) is 0 Å². The van der Waals surface area contributed by atoms with E-state index >= 15 is 0 Å². The Morgan fingerprint density at radius 3 is 1.37 bits per heavy atom. The topological polar surface area (TPSA) is 54.4 Å². The summed E-state index contributed by atoms with van der Waals surface area (Å²) in [5.41, 5.74) is -5.53. The molecule has 3 aromatic carbocycles. The average Bonchev–Trinajstić information content (AvgIpc) is 2.65. The molecule has 0 heterocycles. The smallest absolute Gasteiger partial charge is 0.279 e. The molecule has 0 spiro atoms. The lowest BCUT2D eigenvalue weighted by Gasteiger charge is -2.20. The van der Waals surface area contributed by atoms with Crippen LogP contribution in [-0.2, 0) is 10.1 Å². The molecule has 30 heavy (non-hydrogen) atoms. The monoisotopic (exact) mass is 466 g/mol. The van der Waals surface area contributed by atoms with Gasteiger partial charge in [0.15, 0.2) is 0 Å². The molecule has 0 saturated heterocycles. The Hall–Kier alpha value is -2.42. The van der Waals surface area contributed by atoms with E-state index in [9.17, 15) is 26.3 Å². The lowest BCUT2D eigenvalue weighted by atomic mass is 10.3. The first kappa shape index (κ1) is 23.9. The van der Waals surface area contributed by atoms with Gasteiger partial charge in [0.2, 0.25) is 0 Å². The van der Waals surface area contributed by atoms with E-state index in [0.717, 1.165) is 22.7 Å². The first-order chi connectivity index (χ1) is 13.9. The molecule has 0 aliphatic heterocycles. The van der Waals surface area contributed by atoms with Crippen LogP contribution in [0.5, 0.6) is 0 Å². The highest BCUT2D eigenvalue weighted by molar-refractivity contribution is 7.86. The van der Waals surface area contributed by atoms with Crippen molar-refractivity contribution in [1.29, 1.82) is 0 Å². The molecule has 0 bridgehead atoms. The molecule has 3 nitrogen and oxygen atoms in total. The molecule has 0 amide bonds. The number of benzene rings is 3. The van der Waals surface area contributed by atoms with E-state index in [-0.39, 0.29) is 5.30 Å². The van der Waals surface area contributed by atoms with Gasteiger partial charge in [-0.3, -0.25) is 4.55 Å². The van der Waals surface area contributed by atoms with E-state index in [2.05, 4.69) is 0 Å². The predicted octanol–water partition coefficient (Wildman–Crippen LogP) is 4.26. The highest BCUT2D eigenvalue weighted by Gasteiger charge is 2.44. The van der Waals surface area contributed by atoms with Gasteiger partial charge in [-0.25, -0.2) is 13.2 Å². The van der Waals surface area contributed by atoms with Crippen LogP contribution in [0.15, 0.2) is 72.8 Å². The summed E-state index contributed by atoms with van der Waals surface area (Å²) >= 11 is 0. The van der Waals surface area contributed by atoms with Crippen molar-refractivity contribution in [2.45, 2.75) is 5.51 Å². The number of hydrogen-bond acceptors (Lipinski definition) is 2. The molecular weight excluding hydrogens is 453 g/mol. The Kier molecular flexibility index (Phi) is 7.63. The van der Waals surface area contributed by atoms with Gasteiger partial charge in [0.25, 0.3) is 0 Å². The minimum atomic E-state index is -5.84. The Bertz CT molecular complexity index is 1030. The highest BCUT2D eigenvalue weighted by atomic mass is 32.2. The van der Waals surface area contributed by atoms with Gasteiger partial charge in [0, 0.05) is 12.1 Å². The zero-order chi connectivity index (χ0) is 22.5. The van der Waals surface area contributed by atoms with E-state index in [1.165, 1.54) is 0 Å². The lowest BCUT2D eigenvalue weighted by Crippen LogP contribution is -2.25. The Morgan fingerprint density at radius 2 is 1.07 bits per heavy atom. The summed E-state index contributed by atoms with van der Waals surface area (Å²) in [5.74, 6) is -2.61. The van der Waals surface area contributed by atoms with Gasteiger partial charge < -0.3 is 0 Å². The second kappa shape index (κ2) is 9.59. The minimum Gasteiger partial charge on any atom is -0.279 e. The standard InChI is InChI=1S/C18H12F3P.CHF3O3S/c19-13-11-16(20)18(17(21)12-13)22(14-7-3-1-4-8-14)15-9-5-2-6-10-15;2-1(3,4)8(5,6)7/h1-12H;(H,5,6,7). The molecule has 1 N–H and O–H groups in total. The zero-order valence-corrected chi connectivity index (χ0v) is 16.5. The summed E-state index contributed by atoms with van der Waals surface area (Å²) in [6.07, 6.45) is 0. The molecule has 0 aliphatic carbocycles. The Balaban J connectivity index is 0.000000343. The van der Waals surface area contributed by atoms with E-state index in [0.29, 0.717) is 0 Å². The normalized spacial score (nSPS) is 11.7. The highest BCUT2D eigenvalue weighted by Crippen LogP contribution is 2.35. The quantitative estimate of drug-likeness (QED) is 0.272. The summed E-state index contributed by atoms with van der Waals surface area (Å²) in [4.78, 5) is 0. The van der Waals surface area contributed by atoms with Crippen LogP contribution in [0.4, 0.5) is 26.3 Å². The van der Waals surface area contributed by atoms with Crippen LogP contribution in [0.3, 0.4) is 0 Å². The van der Waals surface area contributed by atoms with Crippen LogP contribution < -0.4 is 15.9 Å². The molecule has 0 unspecified atom stereocenters. The summed E-state index contributed by atoms with van der Waals surface area (Å²) in [5, 5.41) is 1.55. The molecule has 11 heteroatoms. The minimum absolute atomic E-state index is 0.0752. The van der Waals surface area contributed by atoms with Crippen molar-refractivity contribution in [2.24, 2.45) is 0 Å². The van der Waals surface area contributed by atoms with E-state index < -0.39 is 41.0 Å². The summed E-state index contributed by atoms with van der Waals surface area (Å²) in [7, 11) is -7.26. The van der Waals surface area contributed by atoms with Crippen LogP contribution in [0.1, 0.15) is 0 Å². The maximum absolute atomic E-state index is 14.3. The maximum Gasteiger partial charge on any atom is 0.522 e. The molecule has 3 rings (SSSR count). The van der Waals surface area contributed by atoms with Crippen molar-refractivity contribution in [1.82, 2.24) is 0 Å². The van der Waals surface area contributed by atoms with Gasteiger partial charge >= 0.3 is 15.6 Å². The molecule has 0 saturated carbocycles. The zero-order valence-electron chi connectivity index (χ0n) is 14.8. The first-order valence-corrected chi connectivity index (χ1v) is 10.8. The van der Waals surface area contributed by atoms with Crippen molar-refractivity contribution in [3.8, 4) is 0 Å². The van der Waals surface area contributed by atoms with Gasteiger partial charge in [-0.2, -0.15) is 21.6 Å². The fraction of sp³-hybridized carbons (Fsp3) is 0.0526. The van der Waals surface area contributed by atoms with Crippen molar-refractivity contribution in [2.75, 3.05) is 0 Å². The number of hydrogen-bond donors (Lipinski definition) is 1. The van der Waals surface area contributed by atoms with Crippen molar-refractivity contribution >= 4 is 34.0 Å². The summed E-state index contributed by atoms with van der Waals surface area (Å²) in [6, 6.07) is 19.8. The molecule has 3 aromatic rings. The number of alkyl halides is 3. The van der Waals surface area contributed by atoms with Crippen LogP contribution >= 0.6 is 7.92 Å².